The van der Waals surface area contributed by atoms with Crippen LogP contribution in [0.1, 0.15) is 31.2 Å². The Morgan fingerprint density at radius 1 is 1.19 bits per heavy atom. The molecule has 2 aromatic carbocycles. The van der Waals surface area contributed by atoms with Crippen molar-refractivity contribution in [1.82, 2.24) is 0 Å². The number of aryl methyl sites for hydroxylation is 1. The molecule has 5 nitrogen and oxygen atoms in total. The number of ether oxygens (including phenoxy) is 2. The van der Waals surface area contributed by atoms with Gasteiger partial charge in [-0.1, -0.05) is 6.07 Å². The molecule has 0 bridgehead atoms. The maximum absolute atomic E-state index is 14.3. The second kappa shape index (κ2) is 7.85. The number of halogens is 1. The molecule has 0 radical (unpaired) electrons. The summed E-state index contributed by atoms with van der Waals surface area (Å²) in [5.41, 5.74) is 2.20. The summed E-state index contributed by atoms with van der Waals surface area (Å²) in [7, 11) is 2.81. The van der Waals surface area contributed by atoms with Crippen molar-refractivity contribution in [3.63, 3.8) is 0 Å². The number of anilines is 1. The summed E-state index contributed by atoms with van der Waals surface area (Å²) < 4.78 is 24.8. The highest BCUT2D eigenvalue weighted by atomic mass is 32.1. The first-order valence-corrected chi connectivity index (χ1v) is 8.97. The van der Waals surface area contributed by atoms with E-state index in [4.69, 9.17) is 9.47 Å². The lowest BCUT2D eigenvalue weighted by Crippen LogP contribution is -2.14. The van der Waals surface area contributed by atoms with Gasteiger partial charge < -0.3 is 14.8 Å². The Hall–Kier alpha value is -2.77. The third kappa shape index (κ3) is 3.70. The second-order valence-electron chi connectivity index (χ2n) is 5.93. The van der Waals surface area contributed by atoms with Gasteiger partial charge in [-0.3, -0.25) is 4.79 Å². The fourth-order valence-corrected chi connectivity index (χ4v) is 3.98. The molecule has 0 aliphatic rings. The van der Waals surface area contributed by atoms with Crippen molar-refractivity contribution in [3.05, 3.63) is 63.8 Å². The second-order valence-corrected chi connectivity index (χ2v) is 6.98. The molecule has 1 aromatic heterocycles. The highest BCUT2D eigenvalue weighted by Crippen LogP contribution is 2.34. The number of carbonyl (C=O) groups excluding carboxylic acids is 2. The van der Waals surface area contributed by atoms with Gasteiger partial charge in [-0.2, -0.15) is 0 Å². The van der Waals surface area contributed by atoms with Crippen LogP contribution < -0.4 is 5.32 Å². The van der Waals surface area contributed by atoms with Gasteiger partial charge in [0, 0.05) is 28.4 Å². The molecule has 7 heteroatoms. The van der Waals surface area contributed by atoms with E-state index in [0.717, 1.165) is 0 Å². The summed E-state index contributed by atoms with van der Waals surface area (Å²) in [6.07, 6.45) is 0. The average Bonchev–Trinajstić information content (AvgIpc) is 3.03. The maximum atomic E-state index is 14.3. The molecule has 3 rings (SSSR count). The molecule has 140 valence electrons. The number of amides is 1. The van der Waals surface area contributed by atoms with Crippen LogP contribution in [0.25, 0.3) is 10.1 Å². The van der Waals surface area contributed by atoms with E-state index in [9.17, 15) is 14.0 Å². The first-order chi connectivity index (χ1) is 13.0. The molecular weight excluding hydrogens is 369 g/mol. The molecule has 0 unspecified atom stereocenters. The number of carbonyl (C=O) groups is 2. The molecule has 0 spiro atoms. The molecule has 0 saturated heterocycles. The normalized spacial score (nSPS) is 10.8. The molecule has 0 aliphatic heterocycles. The first-order valence-electron chi connectivity index (χ1n) is 8.15. The van der Waals surface area contributed by atoms with Crippen molar-refractivity contribution < 1.29 is 23.5 Å². The quantitative estimate of drug-likeness (QED) is 0.653. The standard InChI is InChI=1S/C20H18FNO4S/c1-11-9-12(20(24)26-3)7-8-15(11)22-19(23)18-13(10-25-2)17-14(21)5-4-6-16(17)27-18/h4-9H,10H2,1-3H3,(H,22,23). The third-order valence-electron chi connectivity index (χ3n) is 4.15. The van der Waals surface area contributed by atoms with Gasteiger partial charge in [0.2, 0.25) is 0 Å². The summed E-state index contributed by atoms with van der Waals surface area (Å²) in [6.45, 7) is 1.91. The monoisotopic (exact) mass is 387 g/mol. The van der Waals surface area contributed by atoms with Crippen molar-refractivity contribution in [2.45, 2.75) is 13.5 Å². The van der Waals surface area contributed by atoms with E-state index in [2.05, 4.69) is 5.32 Å². The fraction of sp³-hybridized carbons (Fsp3) is 0.200. The Morgan fingerprint density at radius 3 is 2.63 bits per heavy atom. The summed E-state index contributed by atoms with van der Waals surface area (Å²) in [6, 6.07) is 9.61. The predicted octanol–water partition coefficient (Wildman–Crippen LogP) is 4.53. The van der Waals surface area contributed by atoms with E-state index in [1.807, 2.05) is 0 Å². The Kier molecular flexibility index (Phi) is 5.53. The molecule has 0 atom stereocenters. The fourth-order valence-electron chi connectivity index (χ4n) is 2.86. The van der Waals surface area contributed by atoms with E-state index in [-0.39, 0.29) is 18.3 Å². The maximum Gasteiger partial charge on any atom is 0.337 e. The molecule has 0 aliphatic carbocycles. The molecule has 1 N–H and O–H groups in total. The van der Waals surface area contributed by atoms with Gasteiger partial charge in [0.1, 0.15) is 5.82 Å². The zero-order chi connectivity index (χ0) is 19.6. The largest absolute Gasteiger partial charge is 0.465 e. The van der Waals surface area contributed by atoms with Crippen LogP contribution >= 0.6 is 11.3 Å². The van der Waals surface area contributed by atoms with Crippen molar-refractivity contribution >= 4 is 39.0 Å². The minimum Gasteiger partial charge on any atom is -0.465 e. The number of benzene rings is 2. The number of methoxy groups -OCH3 is 2. The van der Waals surface area contributed by atoms with Crippen molar-refractivity contribution in [2.24, 2.45) is 0 Å². The molecule has 3 aromatic rings. The Labute approximate surface area is 159 Å². The van der Waals surface area contributed by atoms with Crippen LogP contribution in [-0.4, -0.2) is 26.1 Å². The molecule has 27 heavy (non-hydrogen) atoms. The van der Waals surface area contributed by atoms with Crippen LogP contribution in [-0.2, 0) is 16.1 Å². The SMILES string of the molecule is COCc1c(C(=O)Nc2ccc(C(=O)OC)cc2C)sc2cccc(F)c12. The third-order valence-corrected chi connectivity index (χ3v) is 5.35. The summed E-state index contributed by atoms with van der Waals surface area (Å²) in [4.78, 5) is 24.9. The van der Waals surface area contributed by atoms with Crippen LogP contribution in [0.5, 0.6) is 0 Å². The topological polar surface area (TPSA) is 64.6 Å². The predicted molar refractivity (Wildman–Crippen MR) is 103 cm³/mol. The molecule has 1 heterocycles. The van der Waals surface area contributed by atoms with Crippen LogP contribution in [0.15, 0.2) is 36.4 Å². The number of nitrogens with one attached hydrogen (secondary N) is 1. The zero-order valence-corrected chi connectivity index (χ0v) is 15.9. The number of hydrogen-bond acceptors (Lipinski definition) is 5. The molecule has 0 fully saturated rings. The number of hydrogen-bond donors (Lipinski definition) is 1. The number of rotatable bonds is 5. The number of thiophene rings is 1. The number of fused-ring (bicyclic) bond motifs is 1. The zero-order valence-electron chi connectivity index (χ0n) is 15.1. The van der Waals surface area contributed by atoms with E-state index >= 15 is 0 Å². The number of esters is 1. The van der Waals surface area contributed by atoms with E-state index in [0.29, 0.717) is 37.3 Å². The van der Waals surface area contributed by atoms with Crippen LogP contribution in [0.4, 0.5) is 10.1 Å². The molecule has 1 amide bonds. The summed E-state index contributed by atoms with van der Waals surface area (Å²) >= 11 is 1.22. The van der Waals surface area contributed by atoms with Gasteiger partial charge in [-0.05, 0) is 42.8 Å². The smallest absolute Gasteiger partial charge is 0.337 e. The summed E-state index contributed by atoms with van der Waals surface area (Å²) in [5, 5.41) is 3.24. The van der Waals surface area contributed by atoms with Gasteiger partial charge in [-0.25, -0.2) is 9.18 Å². The minimum atomic E-state index is -0.446. The lowest BCUT2D eigenvalue weighted by atomic mass is 10.1. The highest BCUT2D eigenvalue weighted by Gasteiger charge is 2.21. The molecular formula is C20H18FNO4S. The Balaban J connectivity index is 1.96. The van der Waals surface area contributed by atoms with Crippen molar-refractivity contribution in [2.75, 3.05) is 19.5 Å². The average molecular weight is 387 g/mol. The Bertz CT molecular complexity index is 1030. The lowest BCUT2D eigenvalue weighted by Gasteiger charge is -2.10. The van der Waals surface area contributed by atoms with E-state index in [1.54, 1.807) is 37.3 Å². The van der Waals surface area contributed by atoms with Crippen LogP contribution in [0, 0.1) is 12.7 Å². The van der Waals surface area contributed by atoms with E-state index in [1.165, 1.54) is 31.6 Å². The van der Waals surface area contributed by atoms with Crippen LogP contribution in [0.2, 0.25) is 0 Å². The summed E-state index contributed by atoms with van der Waals surface area (Å²) in [5.74, 6) is -1.18. The minimum absolute atomic E-state index is 0.129. The van der Waals surface area contributed by atoms with Gasteiger partial charge in [-0.15, -0.1) is 11.3 Å². The first kappa shape index (κ1) is 19.0. The van der Waals surface area contributed by atoms with Crippen molar-refractivity contribution in [3.8, 4) is 0 Å². The van der Waals surface area contributed by atoms with Crippen LogP contribution in [0.3, 0.4) is 0 Å². The lowest BCUT2D eigenvalue weighted by molar-refractivity contribution is 0.0600. The Morgan fingerprint density at radius 2 is 1.96 bits per heavy atom. The molecule has 0 saturated carbocycles. The van der Waals surface area contributed by atoms with Gasteiger partial charge >= 0.3 is 5.97 Å². The van der Waals surface area contributed by atoms with Gasteiger partial charge in [0.15, 0.2) is 0 Å². The highest BCUT2D eigenvalue weighted by molar-refractivity contribution is 7.21. The van der Waals surface area contributed by atoms with Crippen molar-refractivity contribution in [1.29, 1.82) is 0 Å². The van der Waals surface area contributed by atoms with E-state index < -0.39 is 5.97 Å². The van der Waals surface area contributed by atoms with Gasteiger partial charge in [0.25, 0.3) is 5.91 Å². The van der Waals surface area contributed by atoms with Gasteiger partial charge in [0.05, 0.1) is 24.2 Å².